The maximum Gasteiger partial charge on any atom is 0.253 e. The second-order valence-corrected chi connectivity index (χ2v) is 6.50. The molecule has 1 aromatic carbocycles. The predicted octanol–water partition coefficient (Wildman–Crippen LogP) is 2.65. The van der Waals surface area contributed by atoms with Gasteiger partial charge in [-0.05, 0) is 48.4 Å². The highest BCUT2D eigenvalue weighted by atomic mass is 35.5. The fraction of sp³-hybridized carbons (Fsp3) is 0.316. The third-order valence-electron chi connectivity index (χ3n) is 4.33. The lowest BCUT2D eigenvalue weighted by Gasteiger charge is -2.22. The Morgan fingerprint density at radius 2 is 1.56 bits per heavy atom. The Morgan fingerprint density at radius 3 is 2.28 bits per heavy atom. The summed E-state index contributed by atoms with van der Waals surface area (Å²) >= 11 is 5.88. The minimum Gasteiger partial charge on any atom is -0.341 e. The molecule has 1 aliphatic rings. The number of hydrogen-bond acceptors (Lipinski definition) is 3. The average molecular weight is 358 g/mol. The molecule has 3 rings (SSSR count). The number of rotatable bonds is 3. The van der Waals surface area contributed by atoms with E-state index in [2.05, 4.69) is 4.98 Å². The Morgan fingerprint density at radius 1 is 0.920 bits per heavy atom. The molecule has 2 aromatic rings. The van der Waals surface area contributed by atoms with Crippen LogP contribution in [0.2, 0.25) is 5.02 Å². The number of aromatic nitrogens is 1. The lowest BCUT2D eigenvalue weighted by Crippen LogP contribution is -2.38. The number of carbonyl (C=O) groups excluding carboxylic acids is 2. The summed E-state index contributed by atoms with van der Waals surface area (Å²) < 4.78 is 0. The minimum atomic E-state index is -0.0138. The van der Waals surface area contributed by atoms with Crippen LogP contribution in [0.15, 0.2) is 48.8 Å². The van der Waals surface area contributed by atoms with Gasteiger partial charge in [-0.25, -0.2) is 0 Å². The van der Waals surface area contributed by atoms with Crippen molar-refractivity contribution in [1.29, 1.82) is 0 Å². The molecule has 0 atom stereocenters. The lowest BCUT2D eigenvalue weighted by atomic mass is 10.2. The standard InChI is InChI=1S/C19H20ClN3O2/c20-17-4-2-16(3-5-17)19(25)23-11-1-10-22(12-13-23)18(24)14-15-6-8-21-9-7-15/h2-9H,1,10-14H2. The summed E-state index contributed by atoms with van der Waals surface area (Å²) in [5.41, 5.74) is 1.58. The van der Waals surface area contributed by atoms with Crippen LogP contribution in [0.5, 0.6) is 0 Å². The molecule has 25 heavy (non-hydrogen) atoms. The van der Waals surface area contributed by atoms with Gasteiger partial charge in [0.25, 0.3) is 5.91 Å². The number of halogens is 1. The molecule has 0 bridgehead atoms. The van der Waals surface area contributed by atoms with Gasteiger partial charge in [0.2, 0.25) is 5.91 Å². The number of benzene rings is 1. The van der Waals surface area contributed by atoms with E-state index in [0.717, 1.165) is 12.0 Å². The second kappa shape index (κ2) is 8.12. The van der Waals surface area contributed by atoms with Crippen molar-refractivity contribution in [3.05, 3.63) is 64.9 Å². The molecule has 0 aliphatic carbocycles. The van der Waals surface area contributed by atoms with Gasteiger partial charge in [-0.1, -0.05) is 11.6 Å². The van der Waals surface area contributed by atoms with Crippen molar-refractivity contribution in [3.8, 4) is 0 Å². The molecule has 130 valence electrons. The third kappa shape index (κ3) is 4.57. The molecule has 0 saturated carbocycles. The molecule has 0 N–H and O–H groups in total. The van der Waals surface area contributed by atoms with Gasteiger partial charge in [0, 0.05) is 49.2 Å². The van der Waals surface area contributed by atoms with E-state index < -0.39 is 0 Å². The van der Waals surface area contributed by atoms with Crippen molar-refractivity contribution in [2.45, 2.75) is 12.8 Å². The van der Waals surface area contributed by atoms with Gasteiger partial charge in [-0.3, -0.25) is 14.6 Å². The fourth-order valence-corrected chi connectivity index (χ4v) is 3.06. The molecule has 0 radical (unpaired) electrons. The Bertz CT molecular complexity index is 734. The molecule has 1 saturated heterocycles. The number of amides is 2. The first-order valence-corrected chi connectivity index (χ1v) is 8.73. The summed E-state index contributed by atoms with van der Waals surface area (Å²) in [7, 11) is 0. The smallest absolute Gasteiger partial charge is 0.253 e. The Hall–Kier alpha value is -2.40. The van der Waals surface area contributed by atoms with Crippen molar-refractivity contribution >= 4 is 23.4 Å². The summed E-state index contributed by atoms with van der Waals surface area (Å²) in [4.78, 5) is 32.7. The lowest BCUT2D eigenvalue weighted by molar-refractivity contribution is -0.130. The Labute approximate surface area is 152 Å². The van der Waals surface area contributed by atoms with E-state index in [1.165, 1.54) is 0 Å². The largest absolute Gasteiger partial charge is 0.341 e. The molecule has 2 heterocycles. The van der Waals surface area contributed by atoms with E-state index in [1.54, 1.807) is 36.7 Å². The van der Waals surface area contributed by atoms with Crippen LogP contribution in [0.25, 0.3) is 0 Å². The highest BCUT2D eigenvalue weighted by molar-refractivity contribution is 6.30. The zero-order valence-electron chi connectivity index (χ0n) is 13.9. The van der Waals surface area contributed by atoms with Crippen molar-refractivity contribution < 1.29 is 9.59 Å². The first-order chi connectivity index (χ1) is 12.1. The fourth-order valence-electron chi connectivity index (χ4n) is 2.93. The zero-order valence-corrected chi connectivity index (χ0v) is 14.7. The van der Waals surface area contributed by atoms with Gasteiger partial charge in [-0.15, -0.1) is 0 Å². The van der Waals surface area contributed by atoms with Crippen LogP contribution in [0, 0.1) is 0 Å². The molecule has 6 heteroatoms. The topological polar surface area (TPSA) is 53.5 Å². The number of carbonyl (C=O) groups is 2. The van der Waals surface area contributed by atoms with Crippen LogP contribution in [0.1, 0.15) is 22.3 Å². The van der Waals surface area contributed by atoms with Crippen LogP contribution in [-0.4, -0.2) is 52.8 Å². The van der Waals surface area contributed by atoms with E-state index in [9.17, 15) is 9.59 Å². The minimum absolute atomic E-state index is 0.0138. The van der Waals surface area contributed by atoms with Gasteiger partial charge < -0.3 is 9.80 Å². The first kappa shape index (κ1) is 17.4. The maximum atomic E-state index is 12.6. The SMILES string of the molecule is O=C(Cc1ccncc1)N1CCCN(C(=O)c2ccc(Cl)cc2)CC1. The van der Waals surface area contributed by atoms with E-state index in [-0.39, 0.29) is 11.8 Å². The summed E-state index contributed by atoms with van der Waals surface area (Å²) in [6.45, 7) is 2.43. The van der Waals surface area contributed by atoms with Gasteiger partial charge in [0.05, 0.1) is 6.42 Å². The van der Waals surface area contributed by atoms with Crippen molar-refractivity contribution in [3.63, 3.8) is 0 Å². The van der Waals surface area contributed by atoms with E-state index in [4.69, 9.17) is 11.6 Å². The van der Waals surface area contributed by atoms with Gasteiger partial charge in [-0.2, -0.15) is 0 Å². The highest BCUT2D eigenvalue weighted by Crippen LogP contribution is 2.14. The summed E-state index contributed by atoms with van der Waals surface area (Å²) in [5, 5.41) is 0.611. The molecule has 2 amide bonds. The van der Waals surface area contributed by atoms with Crippen LogP contribution >= 0.6 is 11.6 Å². The monoisotopic (exact) mass is 357 g/mol. The molecular formula is C19H20ClN3O2. The second-order valence-electron chi connectivity index (χ2n) is 6.07. The number of hydrogen-bond donors (Lipinski definition) is 0. The molecule has 1 aliphatic heterocycles. The molecule has 1 aromatic heterocycles. The quantitative estimate of drug-likeness (QED) is 0.848. The predicted molar refractivity (Wildman–Crippen MR) is 96.5 cm³/mol. The van der Waals surface area contributed by atoms with Gasteiger partial charge >= 0.3 is 0 Å². The van der Waals surface area contributed by atoms with E-state index in [1.807, 2.05) is 21.9 Å². The van der Waals surface area contributed by atoms with Gasteiger partial charge in [0.15, 0.2) is 0 Å². The van der Waals surface area contributed by atoms with Crippen LogP contribution in [0.4, 0.5) is 0 Å². The molecular weight excluding hydrogens is 338 g/mol. The highest BCUT2D eigenvalue weighted by Gasteiger charge is 2.22. The van der Waals surface area contributed by atoms with Crippen LogP contribution in [-0.2, 0) is 11.2 Å². The first-order valence-electron chi connectivity index (χ1n) is 8.35. The third-order valence-corrected chi connectivity index (χ3v) is 4.58. The average Bonchev–Trinajstić information content (AvgIpc) is 2.89. The van der Waals surface area contributed by atoms with Gasteiger partial charge in [0.1, 0.15) is 0 Å². The van der Waals surface area contributed by atoms with E-state index in [0.29, 0.717) is 43.2 Å². The normalized spacial score (nSPS) is 14.9. The summed E-state index contributed by atoms with van der Waals surface area (Å²) in [6.07, 6.45) is 4.53. The van der Waals surface area contributed by atoms with Crippen LogP contribution < -0.4 is 0 Å². The summed E-state index contributed by atoms with van der Waals surface area (Å²) in [6, 6.07) is 10.6. The number of nitrogens with zero attached hydrogens (tertiary/aromatic N) is 3. The molecule has 1 fully saturated rings. The number of pyridine rings is 1. The van der Waals surface area contributed by atoms with Crippen molar-refractivity contribution in [2.75, 3.05) is 26.2 Å². The molecule has 0 unspecified atom stereocenters. The Balaban J connectivity index is 1.59. The van der Waals surface area contributed by atoms with E-state index >= 15 is 0 Å². The summed E-state index contributed by atoms with van der Waals surface area (Å²) in [5.74, 6) is 0.0760. The van der Waals surface area contributed by atoms with Crippen molar-refractivity contribution in [1.82, 2.24) is 14.8 Å². The maximum absolute atomic E-state index is 12.6. The van der Waals surface area contributed by atoms with Crippen molar-refractivity contribution in [2.24, 2.45) is 0 Å². The van der Waals surface area contributed by atoms with Crippen LogP contribution in [0.3, 0.4) is 0 Å². The molecule has 0 spiro atoms. The Kier molecular flexibility index (Phi) is 5.66. The zero-order chi connectivity index (χ0) is 17.6. The molecule has 5 nitrogen and oxygen atoms in total.